The van der Waals surface area contributed by atoms with Gasteiger partial charge in [0.1, 0.15) is 0 Å². The summed E-state index contributed by atoms with van der Waals surface area (Å²) in [5, 5.41) is 0. The summed E-state index contributed by atoms with van der Waals surface area (Å²) in [5.74, 6) is 3.63. The second kappa shape index (κ2) is 15.9. The summed E-state index contributed by atoms with van der Waals surface area (Å²) >= 11 is 0. The van der Waals surface area contributed by atoms with Gasteiger partial charge in [-0.1, -0.05) is 137 Å². The number of pyridine rings is 1. The molecule has 44 heavy (non-hydrogen) atoms. The van der Waals surface area contributed by atoms with E-state index < -0.39 is 0 Å². The van der Waals surface area contributed by atoms with Gasteiger partial charge in [0, 0.05) is 0 Å². The van der Waals surface area contributed by atoms with Gasteiger partial charge in [0.2, 0.25) is 0 Å². The molecule has 4 aliphatic carbocycles. The Labute approximate surface area is 269 Å². The molecule has 1 aromatic heterocycles. The molecule has 0 bridgehead atoms. The number of rotatable bonds is 13. The Bertz CT molecular complexity index is 1370. The SMILES string of the molecule is CCCCC(CC)C(/C(C)=C(/CCC)C(C)C1C=CC=C2C(c3cccc(C4=CC=CCC4)n3)=CCCC21)C1C=CC=CC1. The molecule has 1 heterocycles. The van der Waals surface area contributed by atoms with Crippen LogP contribution in [0.3, 0.4) is 0 Å². The molecule has 5 rings (SSSR count). The number of unbranched alkanes of at least 4 members (excludes halogenated alkanes) is 1. The molecule has 0 fully saturated rings. The van der Waals surface area contributed by atoms with E-state index in [4.69, 9.17) is 4.98 Å². The molecule has 0 radical (unpaired) electrons. The lowest BCUT2D eigenvalue weighted by molar-refractivity contribution is 0.265. The molecular formula is C43H57N. The number of allylic oxidation sites excluding steroid dienone is 16. The van der Waals surface area contributed by atoms with E-state index in [0.717, 1.165) is 36.6 Å². The minimum absolute atomic E-state index is 0.530. The fourth-order valence-electron chi connectivity index (χ4n) is 8.76. The second-order valence-electron chi connectivity index (χ2n) is 13.7. The fourth-order valence-corrected chi connectivity index (χ4v) is 8.76. The molecule has 1 aromatic rings. The lowest BCUT2D eigenvalue weighted by Crippen LogP contribution is -2.30. The molecule has 6 unspecified atom stereocenters. The van der Waals surface area contributed by atoms with Crippen molar-refractivity contribution < 1.29 is 0 Å². The molecule has 1 nitrogen and oxygen atoms in total. The molecule has 6 atom stereocenters. The highest BCUT2D eigenvalue weighted by Crippen LogP contribution is 2.48. The molecular weight excluding hydrogens is 530 g/mol. The van der Waals surface area contributed by atoms with E-state index in [2.05, 4.69) is 120 Å². The first-order valence-electron chi connectivity index (χ1n) is 18.0. The number of fused-ring (bicyclic) bond motifs is 1. The maximum Gasteiger partial charge on any atom is 0.0709 e. The van der Waals surface area contributed by atoms with Crippen LogP contribution in [0.15, 0.2) is 102 Å². The number of aromatic nitrogens is 1. The van der Waals surface area contributed by atoms with Crippen LogP contribution in [0, 0.1) is 35.5 Å². The average molecular weight is 588 g/mol. The van der Waals surface area contributed by atoms with Gasteiger partial charge in [-0.05, 0) is 116 Å². The number of hydrogen-bond acceptors (Lipinski definition) is 1. The zero-order valence-electron chi connectivity index (χ0n) is 28.3. The fraction of sp³-hybridized carbons (Fsp3) is 0.512. The van der Waals surface area contributed by atoms with E-state index in [1.54, 1.807) is 11.1 Å². The predicted molar refractivity (Wildman–Crippen MR) is 192 cm³/mol. The van der Waals surface area contributed by atoms with Crippen LogP contribution < -0.4 is 0 Å². The van der Waals surface area contributed by atoms with Crippen LogP contribution in [0.4, 0.5) is 0 Å². The molecule has 0 aliphatic heterocycles. The lowest BCUT2D eigenvalue weighted by atomic mass is 9.64. The van der Waals surface area contributed by atoms with Crippen molar-refractivity contribution in [2.24, 2.45) is 35.5 Å². The smallest absolute Gasteiger partial charge is 0.0709 e. The van der Waals surface area contributed by atoms with Gasteiger partial charge in [-0.2, -0.15) is 0 Å². The molecule has 0 N–H and O–H groups in total. The molecule has 0 spiro atoms. The lowest BCUT2D eigenvalue weighted by Gasteiger charge is -2.40. The zero-order chi connectivity index (χ0) is 30.9. The molecule has 0 saturated heterocycles. The summed E-state index contributed by atoms with van der Waals surface area (Å²) in [6, 6.07) is 6.64. The topological polar surface area (TPSA) is 12.9 Å². The predicted octanol–water partition coefficient (Wildman–Crippen LogP) is 12.4. The summed E-state index contributed by atoms with van der Waals surface area (Å²) in [6.07, 6.45) is 39.4. The van der Waals surface area contributed by atoms with Gasteiger partial charge < -0.3 is 0 Å². The van der Waals surface area contributed by atoms with Crippen molar-refractivity contribution in [3.8, 4) is 0 Å². The highest BCUT2D eigenvalue weighted by molar-refractivity contribution is 5.80. The highest BCUT2D eigenvalue weighted by atomic mass is 14.7. The van der Waals surface area contributed by atoms with Crippen LogP contribution in [-0.2, 0) is 0 Å². The standard InChI is InChI=1S/C43H57N/c1-6-9-20-33(8-3)43(35-23-14-11-15-24-35)32(5)36(19-7-2)31(4)37-25-16-27-39-38(37)26-17-28-40(39)42-30-18-29-41(44-42)34-21-12-10-13-22-34/h10-12,14-16,18,21,23,25,27-31,33,35,37-38,43H,6-9,13,17,19-20,22,24,26H2,1-5H3/b36-32-. The molecule has 234 valence electrons. The highest BCUT2D eigenvalue weighted by Gasteiger charge is 2.37. The molecule has 0 aromatic carbocycles. The Morgan fingerprint density at radius 2 is 1.80 bits per heavy atom. The van der Waals surface area contributed by atoms with Gasteiger partial charge >= 0.3 is 0 Å². The summed E-state index contributed by atoms with van der Waals surface area (Å²) in [5.41, 5.74) is 10.00. The van der Waals surface area contributed by atoms with E-state index in [1.165, 1.54) is 68.1 Å². The largest absolute Gasteiger partial charge is 0.248 e. The van der Waals surface area contributed by atoms with E-state index in [9.17, 15) is 0 Å². The van der Waals surface area contributed by atoms with Crippen molar-refractivity contribution in [1.82, 2.24) is 4.98 Å². The molecule has 4 aliphatic rings. The van der Waals surface area contributed by atoms with Crippen LogP contribution in [0.25, 0.3) is 11.1 Å². The van der Waals surface area contributed by atoms with Crippen LogP contribution in [0.2, 0.25) is 0 Å². The minimum Gasteiger partial charge on any atom is -0.248 e. The van der Waals surface area contributed by atoms with Crippen molar-refractivity contribution in [3.63, 3.8) is 0 Å². The molecule has 0 saturated carbocycles. The van der Waals surface area contributed by atoms with E-state index in [1.807, 2.05) is 0 Å². The number of hydrogen-bond donors (Lipinski definition) is 0. The van der Waals surface area contributed by atoms with Crippen molar-refractivity contribution >= 4 is 11.1 Å². The van der Waals surface area contributed by atoms with Gasteiger partial charge in [-0.3, -0.25) is 0 Å². The average Bonchev–Trinajstić information content (AvgIpc) is 3.08. The normalized spacial score (nSPS) is 25.4. The third-order valence-corrected chi connectivity index (χ3v) is 11.1. The van der Waals surface area contributed by atoms with Crippen molar-refractivity contribution in [2.45, 2.75) is 105 Å². The Hall–Kier alpha value is -2.93. The van der Waals surface area contributed by atoms with Crippen molar-refractivity contribution in [2.75, 3.05) is 0 Å². The summed E-state index contributed by atoms with van der Waals surface area (Å²) < 4.78 is 0. The van der Waals surface area contributed by atoms with Crippen LogP contribution >= 0.6 is 0 Å². The Morgan fingerprint density at radius 1 is 0.932 bits per heavy atom. The first-order chi connectivity index (χ1) is 21.6. The third kappa shape index (κ3) is 7.30. The van der Waals surface area contributed by atoms with Gasteiger partial charge in [-0.15, -0.1) is 0 Å². The van der Waals surface area contributed by atoms with E-state index >= 15 is 0 Å². The monoisotopic (exact) mass is 587 g/mol. The van der Waals surface area contributed by atoms with E-state index in [-0.39, 0.29) is 0 Å². The van der Waals surface area contributed by atoms with Crippen LogP contribution in [0.5, 0.6) is 0 Å². The Morgan fingerprint density at radius 3 is 2.52 bits per heavy atom. The zero-order valence-corrected chi connectivity index (χ0v) is 28.3. The van der Waals surface area contributed by atoms with Gasteiger partial charge in [-0.25, -0.2) is 4.98 Å². The minimum atomic E-state index is 0.530. The van der Waals surface area contributed by atoms with Crippen LogP contribution in [0.1, 0.15) is 117 Å². The Kier molecular flexibility index (Phi) is 11.7. The summed E-state index contributed by atoms with van der Waals surface area (Å²) in [4.78, 5) is 5.25. The first-order valence-corrected chi connectivity index (χ1v) is 18.0. The molecule has 1 heteroatoms. The second-order valence-corrected chi connectivity index (χ2v) is 13.7. The number of nitrogens with zero attached hydrogens (tertiary/aromatic N) is 1. The quantitative estimate of drug-likeness (QED) is 0.209. The van der Waals surface area contributed by atoms with Gasteiger partial charge in [0.25, 0.3) is 0 Å². The third-order valence-electron chi connectivity index (χ3n) is 11.1. The Balaban J connectivity index is 1.45. The maximum absolute atomic E-state index is 5.25. The van der Waals surface area contributed by atoms with Crippen molar-refractivity contribution in [1.29, 1.82) is 0 Å². The van der Waals surface area contributed by atoms with Gasteiger partial charge in [0.05, 0.1) is 11.4 Å². The maximum atomic E-state index is 5.25. The summed E-state index contributed by atoms with van der Waals surface area (Å²) in [7, 11) is 0. The van der Waals surface area contributed by atoms with Crippen molar-refractivity contribution in [3.05, 3.63) is 113 Å². The van der Waals surface area contributed by atoms with Gasteiger partial charge in [0.15, 0.2) is 0 Å². The van der Waals surface area contributed by atoms with E-state index in [0.29, 0.717) is 29.6 Å². The van der Waals surface area contributed by atoms with Crippen LogP contribution in [-0.4, -0.2) is 4.98 Å². The first kappa shape index (κ1) is 32.5. The molecule has 0 amide bonds. The summed E-state index contributed by atoms with van der Waals surface area (Å²) in [6.45, 7) is 12.3.